The van der Waals surface area contributed by atoms with Crippen molar-refractivity contribution in [3.8, 4) is 11.3 Å². The Morgan fingerprint density at radius 1 is 1.24 bits per heavy atom. The molecular weight excluding hydrogens is 279 g/mol. The fraction of sp³-hybridized carbons (Fsp3) is 0.400. The molecule has 0 fully saturated rings. The Morgan fingerprint density at radius 2 is 1.86 bits per heavy atom. The fourth-order valence-electron chi connectivity index (χ4n) is 2.45. The predicted molar refractivity (Wildman–Crippen MR) is 76.8 cm³/mol. The number of aromatic nitrogens is 2. The van der Waals surface area contributed by atoms with E-state index >= 15 is 0 Å². The van der Waals surface area contributed by atoms with Crippen molar-refractivity contribution >= 4 is 5.82 Å². The van der Waals surface area contributed by atoms with Gasteiger partial charge in [-0.25, -0.2) is 4.98 Å². The van der Waals surface area contributed by atoms with Gasteiger partial charge in [-0.3, -0.25) is 0 Å². The van der Waals surface area contributed by atoms with Crippen LogP contribution in [0.2, 0.25) is 0 Å². The van der Waals surface area contributed by atoms with E-state index in [0.29, 0.717) is 12.2 Å². The molecule has 2 aromatic rings. The quantitative estimate of drug-likeness (QED) is 0.918. The monoisotopic (exact) mass is 297 g/mol. The summed E-state index contributed by atoms with van der Waals surface area (Å²) in [7, 11) is 0. The average Bonchev–Trinajstić information content (AvgIpc) is 2.74. The van der Waals surface area contributed by atoms with E-state index in [1.165, 1.54) is 12.1 Å². The van der Waals surface area contributed by atoms with Crippen LogP contribution in [0.5, 0.6) is 0 Å². The van der Waals surface area contributed by atoms with Crippen molar-refractivity contribution in [3.05, 3.63) is 35.7 Å². The van der Waals surface area contributed by atoms with Crippen LogP contribution in [0, 0.1) is 0 Å². The molecule has 0 saturated heterocycles. The summed E-state index contributed by atoms with van der Waals surface area (Å²) in [6, 6.07) is 5.42. The molecule has 2 rings (SSSR count). The minimum absolute atomic E-state index is 0.0246. The lowest BCUT2D eigenvalue weighted by Gasteiger charge is -2.14. The highest BCUT2D eigenvalue weighted by molar-refractivity contribution is 5.74. The molecule has 0 spiro atoms. The van der Waals surface area contributed by atoms with E-state index in [1.807, 2.05) is 20.8 Å². The first-order chi connectivity index (χ1) is 9.77. The first-order valence-electron chi connectivity index (χ1n) is 6.80. The highest BCUT2D eigenvalue weighted by Crippen LogP contribution is 2.39. The number of aryl methyl sites for hydroxylation is 1. The van der Waals surface area contributed by atoms with Crippen LogP contribution in [-0.2, 0) is 12.6 Å². The Balaban J connectivity index is 2.69. The lowest BCUT2D eigenvalue weighted by Crippen LogP contribution is -2.10. The van der Waals surface area contributed by atoms with E-state index in [0.717, 1.165) is 6.07 Å². The van der Waals surface area contributed by atoms with E-state index in [4.69, 9.17) is 5.73 Å². The summed E-state index contributed by atoms with van der Waals surface area (Å²) in [6.45, 7) is 5.76. The molecule has 1 aromatic carbocycles. The van der Waals surface area contributed by atoms with Crippen LogP contribution >= 0.6 is 0 Å². The van der Waals surface area contributed by atoms with Crippen LogP contribution < -0.4 is 5.73 Å². The highest BCUT2D eigenvalue weighted by Gasteiger charge is 2.34. The van der Waals surface area contributed by atoms with Gasteiger partial charge in [0, 0.05) is 18.0 Å². The van der Waals surface area contributed by atoms with Crippen LogP contribution in [0.4, 0.5) is 19.0 Å². The molecule has 1 aromatic heterocycles. The molecule has 0 saturated carbocycles. The van der Waals surface area contributed by atoms with Gasteiger partial charge in [0.1, 0.15) is 17.3 Å². The standard InChI is InChI=1S/C15H18F3N3/c1-4-12-20-13(14(19)21(12)9(2)3)10-7-5-6-8-11(10)15(16,17)18/h5-9H,4,19H2,1-3H3. The summed E-state index contributed by atoms with van der Waals surface area (Å²) in [5.41, 5.74) is 5.57. The van der Waals surface area contributed by atoms with Crippen molar-refractivity contribution in [2.24, 2.45) is 0 Å². The maximum Gasteiger partial charge on any atom is 0.417 e. The minimum Gasteiger partial charge on any atom is -0.383 e. The van der Waals surface area contributed by atoms with Gasteiger partial charge in [0.15, 0.2) is 0 Å². The smallest absolute Gasteiger partial charge is 0.383 e. The Labute approximate surface area is 121 Å². The normalized spacial score (nSPS) is 12.1. The Hall–Kier alpha value is -1.98. The Kier molecular flexibility index (Phi) is 3.98. The third-order valence-corrected chi connectivity index (χ3v) is 3.34. The molecule has 0 atom stereocenters. The highest BCUT2D eigenvalue weighted by atomic mass is 19.4. The maximum atomic E-state index is 13.1. The zero-order chi connectivity index (χ0) is 15.8. The second kappa shape index (κ2) is 5.42. The number of rotatable bonds is 3. The van der Waals surface area contributed by atoms with Crippen LogP contribution in [0.3, 0.4) is 0 Å². The molecule has 0 aliphatic heterocycles. The number of nitrogens with zero attached hydrogens (tertiary/aromatic N) is 2. The lowest BCUT2D eigenvalue weighted by molar-refractivity contribution is -0.137. The van der Waals surface area contributed by atoms with Gasteiger partial charge < -0.3 is 10.3 Å². The van der Waals surface area contributed by atoms with E-state index in [-0.39, 0.29) is 23.1 Å². The molecule has 0 amide bonds. The molecule has 6 heteroatoms. The van der Waals surface area contributed by atoms with Crippen LogP contribution in [-0.4, -0.2) is 9.55 Å². The number of imidazole rings is 1. The van der Waals surface area contributed by atoms with Crippen molar-refractivity contribution in [1.29, 1.82) is 0 Å². The van der Waals surface area contributed by atoms with Gasteiger partial charge in [-0.15, -0.1) is 0 Å². The summed E-state index contributed by atoms with van der Waals surface area (Å²) in [4.78, 5) is 4.33. The van der Waals surface area contributed by atoms with Crippen LogP contribution in [0.1, 0.15) is 38.2 Å². The largest absolute Gasteiger partial charge is 0.417 e. The lowest BCUT2D eigenvalue weighted by atomic mass is 10.0. The third kappa shape index (κ3) is 2.75. The topological polar surface area (TPSA) is 43.8 Å². The zero-order valence-corrected chi connectivity index (χ0v) is 12.2. The Morgan fingerprint density at radius 3 is 2.33 bits per heavy atom. The summed E-state index contributed by atoms with van der Waals surface area (Å²) in [5.74, 6) is 0.966. The number of nitrogens with two attached hydrogens (primary N) is 1. The van der Waals surface area contributed by atoms with Gasteiger partial charge in [0.25, 0.3) is 0 Å². The molecule has 0 radical (unpaired) electrons. The molecule has 0 unspecified atom stereocenters. The van der Waals surface area contributed by atoms with Gasteiger partial charge >= 0.3 is 6.18 Å². The molecule has 3 nitrogen and oxygen atoms in total. The summed E-state index contributed by atoms with van der Waals surface area (Å²) < 4.78 is 41.2. The number of hydrogen-bond donors (Lipinski definition) is 1. The van der Waals surface area contributed by atoms with Crippen LogP contribution in [0.15, 0.2) is 24.3 Å². The molecule has 0 aliphatic rings. The molecule has 114 valence electrons. The number of halogens is 3. The van der Waals surface area contributed by atoms with Crippen molar-refractivity contribution < 1.29 is 13.2 Å². The predicted octanol–water partition coefficient (Wildman–Crippen LogP) is 4.29. The second-order valence-electron chi connectivity index (χ2n) is 5.12. The first-order valence-corrected chi connectivity index (χ1v) is 6.80. The molecule has 1 heterocycles. The van der Waals surface area contributed by atoms with Gasteiger partial charge in [0.2, 0.25) is 0 Å². The van der Waals surface area contributed by atoms with Crippen LogP contribution in [0.25, 0.3) is 11.3 Å². The van der Waals surface area contributed by atoms with E-state index < -0.39 is 11.7 Å². The van der Waals surface area contributed by atoms with Gasteiger partial charge in [-0.2, -0.15) is 13.2 Å². The van der Waals surface area contributed by atoms with E-state index in [2.05, 4.69) is 4.98 Å². The second-order valence-corrected chi connectivity index (χ2v) is 5.12. The number of nitrogen functional groups attached to an aromatic ring is 1. The van der Waals surface area contributed by atoms with Crippen molar-refractivity contribution in [2.45, 2.75) is 39.4 Å². The molecule has 0 aliphatic carbocycles. The number of alkyl halides is 3. The number of benzene rings is 1. The third-order valence-electron chi connectivity index (χ3n) is 3.34. The van der Waals surface area contributed by atoms with E-state index in [1.54, 1.807) is 10.6 Å². The Bertz CT molecular complexity index is 642. The molecular formula is C15H18F3N3. The van der Waals surface area contributed by atoms with Crippen molar-refractivity contribution in [2.75, 3.05) is 5.73 Å². The SMILES string of the molecule is CCc1nc(-c2ccccc2C(F)(F)F)c(N)n1C(C)C. The molecule has 0 bridgehead atoms. The zero-order valence-electron chi connectivity index (χ0n) is 12.2. The number of anilines is 1. The summed E-state index contributed by atoms with van der Waals surface area (Å²) in [6.07, 6.45) is -3.83. The fourth-order valence-corrected chi connectivity index (χ4v) is 2.45. The molecule has 2 N–H and O–H groups in total. The maximum absolute atomic E-state index is 13.1. The van der Waals surface area contributed by atoms with Gasteiger partial charge in [-0.05, 0) is 19.9 Å². The van der Waals surface area contributed by atoms with Crippen molar-refractivity contribution in [1.82, 2.24) is 9.55 Å². The molecule has 21 heavy (non-hydrogen) atoms. The summed E-state index contributed by atoms with van der Waals surface area (Å²) >= 11 is 0. The summed E-state index contributed by atoms with van der Waals surface area (Å²) in [5, 5.41) is 0. The average molecular weight is 297 g/mol. The minimum atomic E-state index is -4.43. The first kappa shape index (κ1) is 15.4. The van der Waals surface area contributed by atoms with Gasteiger partial charge in [-0.1, -0.05) is 25.1 Å². The van der Waals surface area contributed by atoms with E-state index in [9.17, 15) is 13.2 Å². The van der Waals surface area contributed by atoms with Crippen molar-refractivity contribution in [3.63, 3.8) is 0 Å². The number of hydrogen-bond acceptors (Lipinski definition) is 2. The van der Waals surface area contributed by atoms with Gasteiger partial charge in [0.05, 0.1) is 5.56 Å².